The average Bonchev–Trinajstić information content (AvgIpc) is 3.08. The molecule has 0 saturated carbocycles. The molecule has 32 heavy (non-hydrogen) atoms. The normalized spacial score (nSPS) is 25.0. The van der Waals surface area contributed by atoms with Crippen LogP contribution in [-0.2, 0) is 38.1 Å². The molecular weight excluding hydrogens is 420 g/mol. The van der Waals surface area contributed by atoms with Gasteiger partial charge >= 0.3 is 17.9 Å². The maximum Gasteiger partial charge on any atom is 0.308 e. The van der Waals surface area contributed by atoms with Crippen LogP contribution >= 0.6 is 0 Å². The molecule has 4 atom stereocenters. The first-order valence-electron chi connectivity index (χ1n) is 10.7. The molecule has 3 unspecified atom stereocenters. The van der Waals surface area contributed by atoms with Crippen molar-refractivity contribution in [3.63, 3.8) is 0 Å². The molecule has 2 aliphatic rings. The maximum atomic E-state index is 12.4. The molecule has 178 valence electrons. The SMILES string of the molecule is CCC(=O)OC1C(COC(=O)C(C)C)OC(N2C=CCC(C(N)=O)=C2)[C@@H]1OC(=O)C(C)C. The largest absolute Gasteiger partial charge is 0.463 e. The molecular formula is C22H32N2O8. The van der Waals surface area contributed by atoms with Crippen LogP contribution in [0.1, 0.15) is 47.5 Å². The summed E-state index contributed by atoms with van der Waals surface area (Å²) in [4.78, 5) is 49.7. The zero-order chi connectivity index (χ0) is 24.0. The minimum atomic E-state index is -1.03. The number of ether oxygens (including phenoxy) is 4. The van der Waals surface area contributed by atoms with Crippen LogP contribution in [0.2, 0.25) is 0 Å². The Morgan fingerprint density at radius 1 is 1.09 bits per heavy atom. The number of amides is 1. The zero-order valence-corrected chi connectivity index (χ0v) is 19.1. The maximum absolute atomic E-state index is 12.4. The van der Waals surface area contributed by atoms with E-state index in [4.69, 9.17) is 24.7 Å². The van der Waals surface area contributed by atoms with Gasteiger partial charge in [-0.15, -0.1) is 0 Å². The predicted octanol–water partition coefficient (Wildman–Crippen LogP) is 1.39. The van der Waals surface area contributed by atoms with Crippen LogP contribution in [0.25, 0.3) is 0 Å². The van der Waals surface area contributed by atoms with Crippen molar-refractivity contribution in [1.82, 2.24) is 4.90 Å². The summed E-state index contributed by atoms with van der Waals surface area (Å²) in [5.41, 5.74) is 5.75. The topological polar surface area (TPSA) is 134 Å². The van der Waals surface area contributed by atoms with Gasteiger partial charge in [-0.3, -0.25) is 19.2 Å². The van der Waals surface area contributed by atoms with Gasteiger partial charge in [-0.25, -0.2) is 0 Å². The van der Waals surface area contributed by atoms with Crippen LogP contribution in [0.5, 0.6) is 0 Å². The molecule has 1 saturated heterocycles. The Morgan fingerprint density at radius 2 is 1.75 bits per heavy atom. The first kappa shape index (κ1) is 25.4. The standard InChI is InChI=1S/C22H32N2O8/c1-6-16(25)31-17-15(11-29-21(27)12(2)3)30-20(18(17)32-22(28)13(4)5)24-9-7-8-14(10-24)19(23)26/h7,9-10,12-13,15,17-18,20H,6,8,11H2,1-5H3,(H2,23,26)/t15?,17?,18-,20?/m1/s1. The fraction of sp³-hybridized carbons (Fsp3) is 0.636. The van der Waals surface area contributed by atoms with Gasteiger partial charge in [-0.2, -0.15) is 0 Å². The number of carbonyl (C=O) groups excluding carboxylic acids is 4. The van der Waals surface area contributed by atoms with E-state index < -0.39 is 54.3 Å². The van der Waals surface area contributed by atoms with Gasteiger partial charge in [0.2, 0.25) is 5.91 Å². The highest BCUT2D eigenvalue weighted by Gasteiger charge is 2.52. The summed E-state index contributed by atoms with van der Waals surface area (Å²) in [6.07, 6.45) is 1.46. The van der Waals surface area contributed by atoms with Crippen LogP contribution < -0.4 is 5.73 Å². The van der Waals surface area contributed by atoms with E-state index in [1.54, 1.807) is 51.8 Å². The number of allylic oxidation sites excluding steroid dienone is 1. The van der Waals surface area contributed by atoms with Gasteiger partial charge in [0.05, 0.1) is 11.8 Å². The van der Waals surface area contributed by atoms with Crippen LogP contribution in [0, 0.1) is 11.8 Å². The predicted molar refractivity (Wildman–Crippen MR) is 112 cm³/mol. The van der Waals surface area contributed by atoms with Gasteiger partial charge in [0.1, 0.15) is 12.7 Å². The molecule has 10 heteroatoms. The van der Waals surface area contributed by atoms with Gasteiger partial charge in [-0.1, -0.05) is 40.7 Å². The summed E-state index contributed by atoms with van der Waals surface area (Å²) in [6, 6.07) is 0. The van der Waals surface area contributed by atoms with Crippen LogP contribution in [0.3, 0.4) is 0 Å². The molecule has 1 amide bonds. The number of carbonyl (C=O) groups is 4. The summed E-state index contributed by atoms with van der Waals surface area (Å²) >= 11 is 0. The van der Waals surface area contributed by atoms with E-state index in [0.717, 1.165) is 0 Å². The Morgan fingerprint density at radius 3 is 2.31 bits per heavy atom. The van der Waals surface area contributed by atoms with E-state index in [1.807, 2.05) is 0 Å². The van der Waals surface area contributed by atoms with E-state index in [2.05, 4.69) is 0 Å². The first-order valence-corrected chi connectivity index (χ1v) is 10.7. The molecule has 1 fully saturated rings. The molecule has 2 rings (SSSR count). The molecule has 0 aromatic carbocycles. The van der Waals surface area contributed by atoms with Crippen molar-refractivity contribution < 1.29 is 38.1 Å². The second-order valence-corrected chi connectivity index (χ2v) is 8.27. The lowest BCUT2D eigenvalue weighted by Gasteiger charge is -2.31. The van der Waals surface area contributed by atoms with Crippen molar-refractivity contribution >= 4 is 23.8 Å². The Hall–Kier alpha value is -2.88. The molecule has 2 heterocycles. The highest BCUT2D eigenvalue weighted by Crippen LogP contribution is 2.32. The molecule has 0 radical (unpaired) electrons. The summed E-state index contributed by atoms with van der Waals surface area (Å²) in [5.74, 6) is -2.87. The van der Waals surface area contributed by atoms with E-state index in [0.29, 0.717) is 12.0 Å². The Labute approximate surface area is 187 Å². The number of esters is 3. The van der Waals surface area contributed by atoms with E-state index in [1.165, 1.54) is 6.20 Å². The monoisotopic (exact) mass is 452 g/mol. The number of nitrogens with zero attached hydrogens (tertiary/aromatic N) is 1. The van der Waals surface area contributed by atoms with Gasteiger partial charge in [0.25, 0.3) is 0 Å². The second-order valence-electron chi connectivity index (χ2n) is 8.27. The highest BCUT2D eigenvalue weighted by molar-refractivity contribution is 5.92. The zero-order valence-electron chi connectivity index (χ0n) is 19.1. The van der Waals surface area contributed by atoms with Crippen LogP contribution in [0.15, 0.2) is 24.0 Å². The summed E-state index contributed by atoms with van der Waals surface area (Å²) in [7, 11) is 0. The smallest absolute Gasteiger partial charge is 0.308 e. The lowest BCUT2D eigenvalue weighted by atomic mass is 10.1. The van der Waals surface area contributed by atoms with E-state index in [-0.39, 0.29) is 18.9 Å². The third-order valence-corrected chi connectivity index (χ3v) is 4.96. The molecule has 2 aliphatic heterocycles. The van der Waals surface area contributed by atoms with E-state index >= 15 is 0 Å². The third kappa shape index (κ3) is 6.32. The van der Waals surface area contributed by atoms with Crippen molar-refractivity contribution in [2.24, 2.45) is 17.6 Å². The molecule has 0 aromatic heterocycles. The molecule has 2 N–H and O–H groups in total. The minimum absolute atomic E-state index is 0.0971. The molecule has 0 aromatic rings. The Kier molecular flexibility index (Phi) is 8.82. The van der Waals surface area contributed by atoms with Gasteiger partial charge in [0.15, 0.2) is 18.4 Å². The van der Waals surface area contributed by atoms with Gasteiger partial charge in [-0.05, 0) is 6.42 Å². The van der Waals surface area contributed by atoms with Gasteiger partial charge < -0.3 is 29.6 Å². The van der Waals surface area contributed by atoms with Crippen LogP contribution in [-0.4, -0.2) is 59.9 Å². The minimum Gasteiger partial charge on any atom is -0.463 e. The summed E-state index contributed by atoms with van der Waals surface area (Å²) in [5, 5.41) is 0. The Bertz CT molecular complexity index is 789. The number of primary amides is 1. The molecule has 0 aliphatic carbocycles. The van der Waals surface area contributed by atoms with E-state index in [9.17, 15) is 19.2 Å². The lowest BCUT2D eigenvalue weighted by molar-refractivity contribution is -0.171. The average molecular weight is 453 g/mol. The van der Waals surface area contributed by atoms with Crippen molar-refractivity contribution in [2.45, 2.75) is 72.0 Å². The number of hydrogen-bond donors (Lipinski definition) is 1. The summed E-state index contributed by atoms with van der Waals surface area (Å²) in [6.45, 7) is 8.17. The molecule has 0 bridgehead atoms. The van der Waals surface area contributed by atoms with Crippen molar-refractivity contribution in [1.29, 1.82) is 0 Å². The number of hydrogen-bond acceptors (Lipinski definition) is 9. The third-order valence-electron chi connectivity index (χ3n) is 4.96. The molecule has 0 spiro atoms. The van der Waals surface area contributed by atoms with Crippen molar-refractivity contribution in [3.05, 3.63) is 24.0 Å². The second kappa shape index (κ2) is 11.1. The quantitative estimate of drug-likeness (QED) is 0.407. The van der Waals surface area contributed by atoms with Crippen molar-refractivity contribution in [3.8, 4) is 0 Å². The number of nitrogens with two attached hydrogens (primary N) is 1. The highest BCUT2D eigenvalue weighted by atomic mass is 16.7. The van der Waals surface area contributed by atoms with Crippen LogP contribution in [0.4, 0.5) is 0 Å². The van der Waals surface area contributed by atoms with Gasteiger partial charge in [0, 0.05) is 24.4 Å². The lowest BCUT2D eigenvalue weighted by Crippen LogP contribution is -2.46. The fourth-order valence-corrected chi connectivity index (χ4v) is 3.09. The van der Waals surface area contributed by atoms with Crippen molar-refractivity contribution in [2.75, 3.05) is 6.61 Å². The summed E-state index contributed by atoms with van der Waals surface area (Å²) < 4.78 is 22.6. The fourth-order valence-electron chi connectivity index (χ4n) is 3.09. The molecule has 10 nitrogen and oxygen atoms in total. The Balaban J connectivity index is 2.37. The number of rotatable bonds is 9. The first-order chi connectivity index (χ1) is 15.0.